The van der Waals surface area contributed by atoms with Crippen LogP contribution < -0.4 is 4.90 Å². The predicted octanol–water partition coefficient (Wildman–Crippen LogP) is 18.0. The molecule has 1 aromatic heterocycles. The van der Waals surface area contributed by atoms with Gasteiger partial charge < -0.3 is 9.32 Å². The molecule has 2 heteroatoms. The minimum absolute atomic E-state index is 0.0000792. The van der Waals surface area contributed by atoms with Gasteiger partial charge in [0.05, 0.1) is 11.1 Å². The first-order valence-electron chi connectivity index (χ1n) is 24.6. The van der Waals surface area contributed by atoms with Crippen molar-refractivity contribution < 1.29 is 4.42 Å². The summed E-state index contributed by atoms with van der Waals surface area (Å²) < 4.78 is 6.45. The molecule has 0 saturated heterocycles. The molecule has 0 amide bonds. The SMILES string of the molecule is CC(C)(C)c1ccc2c(c1)C1(C3=C2C=CC(C(C)(C)C)C3)c2ccccc2-c2cc(N(c3ccc4oc5ccccc5c4c3)c3ccccc3-c3cccc4c3-c3ccccc3C4(C)C)ccc21. The Kier molecular flexibility index (Phi) is 8.57. The molecule has 0 radical (unpaired) electrons. The van der Waals surface area contributed by atoms with Crippen molar-refractivity contribution >= 4 is 44.6 Å². The van der Waals surface area contributed by atoms with Crippen molar-refractivity contribution in [1.82, 2.24) is 0 Å². The number of fused-ring (bicyclic) bond motifs is 15. The average Bonchev–Trinajstić information content (AvgIpc) is 4.02. The highest BCUT2D eigenvalue weighted by Gasteiger charge is 2.54. The van der Waals surface area contributed by atoms with Crippen LogP contribution in [-0.4, -0.2) is 0 Å². The highest BCUT2D eigenvalue weighted by atomic mass is 16.3. The van der Waals surface area contributed by atoms with Crippen molar-refractivity contribution in [3.8, 4) is 33.4 Å². The normalized spacial score (nSPS) is 18.4. The van der Waals surface area contributed by atoms with E-state index in [9.17, 15) is 0 Å². The molecule has 4 aliphatic rings. The fourth-order valence-electron chi connectivity index (χ4n) is 12.8. The molecule has 68 heavy (non-hydrogen) atoms. The zero-order chi connectivity index (χ0) is 46.5. The van der Waals surface area contributed by atoms with Gasteiger partial charge in [0.25, 0.3) is 0 Å². The largest absolute Gasteiger partial charge is 0.456 e. The summed E-state index contributed by atoms with van der Waals surface area (Å²) in [6.07, 6.45) is 5.99. The Labute approximate surface area is 401 Å². The Balaban J connectivity index is 1.08. The molecule has 2 unspecified atom stereocenters. The Morgan fingerprint density at radius 3 is 1.96 bits per heavy atom. The molecule has 9 aromatic rings. The second-order valence-corrected chi connectivity index (χ2v) is 22.5. The van der Waals surface area contributed by atoms with Gasteiger partial charge >= 0.3 is 0 Å². The highest BCUT2D eigenvalue weighted by Crippen LogP contribution is 2.66. The zero-order valence-electron chi connectivity index (χ0n) is 40.5. The molecule has 0 aliphatic heterocycles. The van der Waals surface area contributed by atoms with Crippen molar-refractivity contribution in [1.29, 1.82) is 0 Å². The molecule has 0 saturated carbocycles. The molecule has 13 rings (SSSR count). The molecular formula is C66H57NO. The monoisotopic (exact) mass is 879 g/mol. The second-order valence-electron chi connectivity index (χ2n) is 22.5. The summed E-state index contributed by atoms with van der Waals surface area (Å²) in [4.78, 5) is 2.51. The molecule has 1 spiro atoms. The Morgan fingerprint density at radius 2 is 1.15 bits per heavy atom. The Morgan fingerprint density at radius 1 is 0.500 bits per heavy atom. The van der Waals surface area contributed by atoms with E-state index in [1.54, 1.807) is 5.57 Å². The zero-order valence-corrected chi connectivity index (χ0v) is 40.5. The molecule has 0 bridgehead atoms. The molecule has 2 atom stereocenters. The summed E-state index contributed by atoms with van der Waals surface area (Å²) in [5, 5.41) is 2.23. The lowest BCUT2D eigenvalue weighted by atomic mass is 9.64. The minimum atomic E-state index is -0.410. The summed E-state index contributed by atoms with van der Waals surface area (Å²) in [6, 6.07) is 64.3. The molecule has 0 N–H and O–H groups in total. The number of para-hydroxylation sites is 2. The molecule has 1 heterocycles. The van der Waals surface area contributed by atoms with Crippen LogP contribution in [0.2, 0.25) is 0 Å². The van der Waals surface area contributed by atoms with Gasteiger partial charge in [-0.05, 0) is 144 Å². The molecule has 4 aliphatic carbocycles. The summed E-state index contributed by atoms with van der Waals surface area (Å²) in [6.45, 7) is 19.0. The third-order valence-corrected chi connectivity index (χ3v) is 16.3. The van der Waals surface area contributed by atoms with Crippen molar-refractivity contribution in [3.05, 3.63) is 227 Å². The number of anilines is 3. The quantitative estimate of drug-likeness (QED) is 0.175. The van der Waals surface area contributed by atoms with E-state index in [1.807, 2.05) is 0 Å². The van der Waals surface area contributed by atoms with E-state index in [4.69, 9.17) is 4.42 Å². The van der Waals surface area contributed by atoms with Crippen LogP contribution in [0.25, 0.3) is 60.9 Å². The van der Waals surface area contributed by atoms with E-state index in [2.05, 4.69) is 242 Å². The first-order chi connectivity index (χ1) is 32.7. The number of allylic oxidation sites excluding steroid dienone is 4. The van der Waals surface area contributed by atoms with Gasteiger partial charge in [-0.3, -0.25) is 0 Å². The number of hydrogen-bond donors (Lipinski definition) is 0. The number of benzene rings is 8. The minimum Gasteiger partial charge on any atom is -0.456 e. The highest BCUT2D eigenvalue weighted by molar-refractivity contribution is 6.07. The first-order valence-corrected chi connectivity index (χ1v) is 24.6. The third-order valence-electron chi connectivity index (χ3n) is 16.3. The number of nitrogens with zero attached hydrogens (tertiary/aromatic N) is 1. The smallest absolute Gasteiger partial charge is 0.135 e. The molecular weight excluding hydrogens is 823 g/mol. The van der Waals surface area contributed by atoms with Crippen LogP contribution in [0.15, 0.2) is 192 Å². The maximum Gasteiger partial charge on any atom is 0.135 e. The lowest BCUT2D eigenvalue weighted by Crippen LogP contribution is -2.31. The van der Waals surface area contributed by atoms with Crippen molar-refractivity contribution in [2.75, 3.05) is 4.90 Å². The van der Waals surface area contributed by atoms with Crippen LogP contribution in [0.1, 0.15) is 101 Å². The van der Waals surface area contributed by atoms with Gasteiger partial charge in [0.1, 0.15) is 11.2 Å². The average molecular weight is 880 g/mol. The van der Waals surface area contributed by atoms with E-state index >= 15 is 0 Å². The standard InChI is InChI=1S/C66H57NO/c1-63(2,3)40-28-32-45-46-33-29-41(64(4,5)6)37-58(46)66(57(45)36-40)54-24-14-9-18-44(54)51-38-42(30-34-55(51)66)67(43-31-35-61-52(39-43)48-20-12-16-27-60(48)68-61)59-26-15-11-19-47(59)49-22-17-25-56-62(49)50-21-10-13-23-53(50)65(56,7)8/h9-36,38-39,41H,37H2,1-8H3. The van der Waals surface area contributed by atoms with Gasteiger partial charge in [0.15, 0.2) is 0 Å². The van der Waals surface area contributed by atoms with Gasteiger partial charge in [-0.15, -0.1) is 0 Å². The van der Waals surface area contributed by atoms with E-state index in [-0.39, 0.29) is 16.2 Å². The van der Waals surface area contributed by atoms with Crippen molar-refractivity contribution in [2.24, 2.45) is 11.3 Å². The summed E-state index contributed by atoms with van der Waals surface area (Å²) in [7, 11) is 0. The summed E-state index contributed by atoms with van der Waals surface area (Å²) in [5.74, 6) is 0.419. The van der Waals surface area contributed by atoms with Crippen LogP contribution >= 0.6 is 0 Å². The second kappa shape index (κ2) is 14.2. The van der Waals surface area contributed by atoms with Gasteiger partial charge in [-0.2, -0.15) is 0 Å². The van der Waals surface area contributed by atoms with Crippen LogP contribution in [0, 0.1) is 11.3 Å². The first kappa shape index (κ1) is 41.1. The lowest BCUT2D eigenvalue weighted by Gasteiger charge is -2.38. The maximum atomic E-state index is 6.45. The van der Waals surface area contributed by atoms with E-state index < -0.39 is 5.41 Å². The molecule has 0 fully saturated rings. The fraction of sp³-hybridized carbons (Fsp3) is 0.212. The van der Waals surface area contributed by atoms with Gasteiger partial charge in [-0.25, -0.2) is 0 Å². The van der Waals surface area contributed by atoms with Crippen LogP contribution in [0.4, 0.5) is 17.1 Å². The van der Waals surface area contributed by atoms with Crippen LogP contribution in [-0.2, 0) is 16.2 Å². The van der Waals surface area contributed by atoms with Crippen LogP contribution in [0.3, 0.4) is 0 Å². The van der Waals surface area contributed by atoms with Crippen molar-refractivity contribution in [2.45, 2.75) is 78.1 Å². The van der Waals surface area contributed by atoms with E-state index in [0.717, 1.165) is 45.4 Å². The van der Waals surface area contributed by atoms with Gasteiger partial charge in [0.2, 0.25) is 0 Å². The van der Waals surface area contributed by atoms with Crippen LogP contribution in [0.5, 0.6) is 0 Å². The number of rotatable bonds is 4. The number of hydrogen-bond acceptors (Lipinski definition) is 2. The van der Waals surface area contributed by atoms with Crippen molar-refractivity contribution in [3.63, 3.8) is 0 Å². The van der Waals surface area contributed by atoms with E-state index in [1.165, 1.54) is 77.9 Å². The summed E-state index contributed by atoms with van der Waals surface area (Å²) >= 11 is 0. The van der Waals surface area contributed by atoms with Gasteiger partial charge in [-0.1, -0.05) is 195 Å². The molecule has 2 nitrogen and oxygen atoms in total. The number of furan rings is 1. The Bertz CT molecular complexity index is 3670. The third kappa shape index (κ3) is 5.64. The molecule has 332 valence electrons. The predicted molar refractivity (Wildman–Crippen MR) is 285 cm³/mol. The summed E-state index contributed by atoms with van der Waals surface area (Å²) in [5.41, 5.74) is 25.1. The lowest BCUT2D eigenvalue weighted by molar-refractivity contribution is 0.285. The van der Waals surface area contributed by atoms with Gasteiger partial charge in [0, 0.05) is 33.1 Å². The molecule has 8 aromatic carbocycles. The van der Waals surface area contributed by atoms with E-state index in [0.29, 0.717) is 5.92 Å². The topological polar surface area (TPSA) is 16.4 Å². The Hall–Kier alpha value is -7.16. The fourth-order valence-corrected chi connectivity index (χ4v) is 12.8. The maximum absolute atomic E-state index is 6.45.